The van der Waals surface area contributed by atoms with E-state index in [-0.39, 0.29) is 41.9 Å². The Bertz CT molecular complexity index is 2030. The van der Waals surface area contributed by atoms with Gasteiger partial charge in [-0.1, -0.05) is 0 Å². The van der Waals surface area contributed by atoms with Crippen LogP contribution in [0, 0.1) is 5.82 Å². The maximum Gasteiger partial charge on any atom is 0.419 e. The maximum absolute atomic E-state index is 15.2. The lowest BCUT2D eigenvalue weighted by atomic mass is 10.0. The average molecular weight is 797 g/mol. The number of anilines is 4. The van der Waals surface area contributed by atoms with Crippen molar-refractivity contribution in [1.82, 2.24) is 34.3 Å². The van der Waals surface area contributed by atoms with Gasteiger partial charge in [0.15, 0.2) is 0 Å². The number of hydrogen-bond acceptors (Lipinski definition) is 12. The third-order valence-corrected chi connectivity index (χ3v) is 11.1. The van der Waals surface area contributed by atoms with Crippen LogP contribution in [0.25, 0.3) is 11.3 Å². The Hall–Kier alpha value is -4.78. The largest absolute Gasteiger partial charge is 0.419 e. The molecular weight excluding hydrogens is 753 g/mol. The number of piperazine rings is 1. The Balaban J connectivity index is 0.879. The fourth-order valence-corrected chi connectivity index (χ4v) is 8.18. The van der Waals surface area contributed by atoms with Crippen LogP contribution >= 0.6 is 11.9 Å². The van der Waals surface area contributed by atoms with Crippen molar-refractivity contribution < 1.29 is 32.3 Å². The molecule has 2 aromatic heterocycles. The highest BCUT2D eigenvalue weighted by Crippen LogP contribution is 2.37. The van der Waals surface area contributed by atoms with Crippen LogP contribution in [-0.2, 0) is 22.3 Å². The van der Waals surface area contributed by atoms with Gasteiger partial charge >= 0.3 is 6.18 Å². The highest BCUT2D eigenvalue weighted by atomic mass is 32.2. The minimum absolute atomic E-state index is 0.00826. The molecule has 7 rings (SSSR count). The molecule has 18 heteroatoms. The fraction of sp³-hybridized carbons (Fsp3) is 0.447. The van der Waals surface area contributed by atoms with E-state index in [1.807, 2.05) is 24.3 Å². The minimum Gasteiger partial charge on any atom is -0.389 e. The third-order valence-electron chi connectivity index (χ3n) is 10.0. The summed E-state index contributed by atoms with van der Waals surface area (Å²) in [6.45, 7) is 8.15. The SMILES string of the molecule is CC(C)(O)Cn1cc(-c2nc(Nc3ccc(SN4CCC(N5CCN(c6ccc(NC7CCC(=O)NC7=O)cc6F)CC5)CC4)cc3)ncc2C(F)(F)F)cn1. The zero-order valence-corrected chi connectivity index (χ0v) is 31.8. The molecule has 0 saturated carbocycles. The van der Waals surface area contributed by atoms with Crippen LogP contribution in [-0.4, -0.2) is 103 Å². The van der Waals surface area contributed by atoms with E-state index in [4.69, 9.17) is 0 Å². The van der Waals surface area contributed by atoms with Gasteiger partial charge in [0, 0.05) is 86.0 Å². The molecule has 56 heavy (non-hydrogen) atoms. The summed E-state index contributed by atoms with van der Waals surface area (Å²) < 4.78 is 60.5. The first-order valence-corrected chi connectivity index (χ1v) is 19.3. The van der Waals surface area contributed by atoms with Crippen LogP contribution in [0.5, 0.6) is 0 Å². The van der Waals surface area contributed by atoms with E-state index in [1.165, 1.54) is 23.1 Å². The van der Waals surface area contributed by atoms with E-state index in [2.05, 4.69) is 45.1 Å². The number of aromatic nitrogens is 4. The molecule has 4 N–H and O–H groups in total. The van der Waals surface area contributed by atoms with Crippen LogP contribution in [0.2, 0.25) is 0 Å². The number of hydrogen-bond donors (Lipinski definition) is 4. The molecule has 3 aliphatic heterocycles. The van der Waals surface area contributed by atoms with Crippen molar-refractivity contribution in [1.29, 1.82) is 0 Å². The summed E-state index contributed by atoms with van der Waals surface area (Å²) in [5, 5.41) is 22.6. The van der Waals surface area contributed by atoms with E-state index in [0.29, 0.717) is 42.6 Å². The molecule has 2 aromatic carbocycles. The summed E-state index contributed by atoms with van der Waals surface area (Å²) in [5.74, 6) is -1.03. The Morgan fingerprint density at radius 2 is 1.66 bits per heavy atom. The number of nitrogens with zero attached hydrogens (tertiary/aromatic N) is 7. The predicted octanol–water partition coefficient (Wildman–Crippen LogP) is 5.52. The molecule has 0 spiro atoms. The number of nitrogens with one attached hydrogen (secondary N) is 3. The second-order valence-electron chi connectivity index (χ2n) is 14.9. The van der Waals surface area contributed by atoms with E-state index >= 15 is 4.39 Å². The maximum atomic E-state index is 15.2. The molecular formula is C38H44F4N10O3S. The lowest BCUT2D eigenvalue weighted by molar-refractivity contribution is -0.137. The van der Waals surface area contributed by atoms with Gasteiger partial charge in [0.25, 0.3) is 0 Å². The Labute approximate surface area is 326 Å². The van der Waals surface area contributed by atoms with Gasteiger partial charge in [-0.05, 0) is 87.5 Å². The number of halogens is 4. The molecule has 3 fully saturated rings. The van der Waals surface area contributed by atoms with Crippen LogP contribution in [0.1, 0.15) is 45.1 Å². The molecule has 2 amide bonds. The molecule has 1 unspecified atom stereocenters. The van der Waals surface area contributed by atoms with Gasteiger partial charge in [0.1, 0.15) is 17.4 Å². The second-order valence-corrected chi connectivity index (χ2v) is 16.1. The lowest BCUT2D eigenvalue weighted by Gasteiger charge is -2.43. The van der Waals surface area contributed by atoms with Gasteiger partial charge in [-0.25, -0.2) is 18.7 Å². The topological polar surface area (TPSA) is 144 Å². The van der Waals surface area contributed by atoms with Gasteiger partial charge < -0.3 is 20.6 Å². The van der Waals surface area contributed by atoms with Crippen molar-refractivity contribution in [3.63, 3.8) is 0 Å². The molecule has 0 radical (unpaired) electrons. The zero-order chi connectivity index (χ0) is 39.6. The number of imide groups is 1. The standard InChI is InChI=1S/C38H44F4N10O3S/c1-37(2,55)23-51-22-24(20-44-51)34-29(38(40,41)42)21-43-36(48-34)46-25-3-6-28(7-4-25)56-52-13-11-27(12-14-52)49-15-17-50(18-16-49)32-9-5-26(19-30(32)39)45-31-8-10-33(53)47-35(31)54/h3-7,9,19-22,27,31,45,55H,8,10-18,23H2,1-2H3,(H,43,46,48)(H,47,53,54). The summed E-state index contributed by atoms with van der Waals surface area (Å²) in [7, 11) is 0. The summed E-state index contributed by atoms with van der Waals surface area (Å²) >= 11 is 1.66. The van der Waals surface area contributed by atoms with E-state index in [1.54, 1.807) is 37.9 Å². The number of rotatable bonds is 11. The van der Waals surface area contributed by atoms with Gasteiger partial charge in [-0.2, -0.15) is 18.3 Å². The second kappa shape index (κ2) is 16.4. The molecule has 1 atom stereocenters. The molecule has 0 aliphatic carbocycles. The number of carbonyl (C=O) groups is 2. The highest BCUT2D eigenvalue weighted by Gasteiger charge is 2.36. The van der Waals surface area contributed by atoms with E-state index in [9.17, 15) is 27.9 Å². The van der Waals surface area contributed by atoms with Crippen LogP contribution in [0.15, 0.2) is 66.0 Å². The van der Waals surface area contributed by atoms with Crippen molar-refractivity contribution in [2.24, 2.45) is 0 Å². The fourth-order valence-electron chi connectivity index (χ4n) is 7.23. The van der Waals surface area contributed by atoms with Crippen molar-refractivity contribution in [3.05, 3.63) is 72.4 Å². The van der Waals surface area contributed by atoms with Crippen LogP contribution in [0.4, 0.5) is 40.6 Å². The van der Waals surface area contributed by atoms with Crippen molar-refractivity contribution in [2.45, 2.75) is 74.8 Å². The zero-order valence-electron chi connectivity index (χ0n) is 31.0. The smallest absolute Gasteiger partial charge is 0.389 e. The van der Waals surface area contributed by atoms with Gasteiger partial charge in [0.2, 0.25) is 17.8 Å². The normalized spacial score (nSPS) is 19.3. The highest BCUT2D eigenvalue weighted by molar-refractivity contribution is 7.97. The van der Waals surface area contributed by atoms with E-state index in [0.717, 1.165) is 50.1 Å². The molecule has 5 heterocycles. The first-order valence-electron chi connectivity index (χ1n) is 18.5. The first-order chi connectivity index (χ1) is 26.7. The van der Waals surface area contributed by atoms with Gasteiger partial charge in [-0.15, -0.1) is 0 Å². The molecule has 4 aromatic rings. The first kappa shape index (κ1) is 39.5. The van der Waals surface area contributed by atoms with Crippen LogP contribution < -0.4 is 20.9 Å². The third kappa shape index (κ3) is 9.77. The quantitative estimate of drug-likeness (QED) is 0.0862. The van der Waals surface area contributed by atoms with E-state index < -0.39 is 29.3 Å². The van der Waals surface area contributed by atoms with Gasteiger partial charge in [-0.3, -0.25) is 24.5 Å². The van der Waals surface area contributed by atoms with Crippen LogP contribution in [0.3, 0.4) is 0 Å². The molecule has 13 nitrogen and oxygen atoms in total. The summed E-state index contributed by atoms with van der Waals surface area (Å²) in [5.41, 5.74) is -0.573. The summed E-state index contributed by atoms with van der Waals surface area (Å²) in [6, 6.07) is 12.4. The molecule has 3 aliphatic rings. The minimum atomic E-state index is -4.68. The number of amides is 2. The number of alkyl halides is 3. The summed E-state index contributed by atoms with van der Waals surface area (Å²) in [4.78, 5) is 37.2. The number of carbonyl (C=O) groups excluding carboxylic acids is 2. The summed E-state index contributed by atoms with van der Waals surface area (Å²) in [6.07, 6.45) is 1.43. The van der Waals surface area contributed by atoms with Crippen molar-refractivity contribution in [3.8, 4) is 11.3 Å². The monoisotopic (exact) mass is 796 g/mol. The Morgan fingerprint density at radius 1 is 0.946 bits per heavy atom. The molecule has 3 saturated heterocycles. The Kier molecular flexibility index (Phi) is 11.5. The number of piperidine rings is 2. The van der Waals surface area contributed by atoms with Crippen molar-refractivity contribution in [2.75, 3.05) is 54.8 Å². The molecule has 298 valence electrons. The lowest BCUT2D eigenvalue weighted by Crippen LogP contribution is -2.52. The molecule has 0 bridgehead atoms. The number of aliphatic hydroxyl groups is 1. The Morgan fingerprint density at radius 3 is 2.32 bits per heavy atom. The average Bonchev–Trinajstić information content (AvgIpc) is 3.61. The predicted molar refractivity (Wildman–Crippen MR) is 205 cm³/mol. The van der Waals surface area contributed by atoms with Gasteiger partial charge in [0.05, 0.1) is 29.7 Å². The van der Waals surface area contributed by atoms with Crippen molar-refractivity contribution >= 4 is 46.8 Å². The number of benzene rings is 2.